The fourth-order valence-corrected chi connectivity index (χ4v) is 7.34. The van der Waals surface area contributed by atoms with Gasteiger partial charge in [0, 0.05) is 7.26 Å². The Kier molecular flexibility index (Phi) is 9.73. The summed E-state index contributed by atoms with van der Waals surface area (Å²) >= 11 is 0. The Balaban J connectivity index is 2.90. The highest BCUT2D eigenvalue weighted by atomic mass is 31.2. The van der Waals surface area contributed by atoms with E-state index >= 15 is 0 Å². The number of benzene rings is 1. The molecule has 0 atom stereocenters. The summed E-state index contributed by atoms with van der Waals surface area (Å²) in [4.78, 5) is 0. The zero-order valence-corrected chi connectivity index (χ0v) is 16.2. The molecule has 124 valence electrons. The molecular weight excluding hydrogens is 283 g/mol. The van der Waals surface area contributed by atoms with Crippen molar-refractivity contribution in [1.29, 1.82) is 0 Å². The second-order valence-electron chi connectivity index (χ2n) is 6.68. The molecule has 0 fully saturated rings. The number of hydrogen-bond donors (Lipinski definition) is 0. The Hall–Kier alpha value is -0.610. The van der Waals surface area contributed by atoms with Crippen LogP contribution in [0.3, 0.4) is 0 Å². The topological polar surface area (TPSA) is 0 Å². The summed E-state index contributed by atoms with van der Waals surface area (Å²) < 4.78 is 0. The lowest BCUT2D eigenvalue weighted by molar-refractivity contribution is 0.840. The van der Waals surface area contributed by atoms with Crippen LogP contribution >= 0.6 is 7.26 Å². The van der Waals surface area contributed by atoms with E-state index in [9.17, 15) is 0 Å². The first kappa shape index (κ1) is 19.4. The molecule has 0 nitrogen and oxygen atoms in total. The third-order valence-electron chi connectivity index (χ3n) is 4.53. The first-order chi connectivity index (χ1) is 10.7. The molecule has 0 aromatic heterocycles. The third kappa shape index (κ3) is 7.10. The van der Waals surface area contributed by atoms with Gasteiger partial charge >= 0.3 is 0 Å². The van der Waals surface area contributed by atoms with Gasteiger partial charge in [0.05, 0.1) is 24.3 Å². The molecule has 1 rings (SSSR count). The van der Waals surface area contributed by atoms with Gasteiger partial charge in [-0.15, -0.1) is 0 Å². The van der Waals surface area contributed by atoms with Gasteiger partial charge in [-0.1, -0.05) is 69.9 Å². The number of hydrogen-bond acceptors (Lipinski definition) is 0. The minimum atomic E-state index is -0.904. The number of aryl methyl sites for hydroxylation is 1. The summed E-state index contributed by atoms with van der Waals surface area (Å²) in [6.45, 7) is 9.16. The molecule has 0 N–H and O–H groups in total. The number of rotatable bonds is 11. The average Bonchev–Trinajstić information content (AvgIpc) is 2.55. The van der Waals surface area contributed by atoms with E-state index in [-0.39, 0.29) is 0 Å². The Bertz CT molecular complexity index is 394. The standard InChI is InChI=1S/C21H36P/c1-5-8-16-22(17-9-6-2,18-10-7-3)19-15-21-13-11-20(4)12-14-21/h11-15,19H,5-10,16-18H2,1-4H3/q+1/b19-15+. The van der Waals surface area contributed by atoms with E-state index in [1.165, 1.54) is 68.1 Å². The molecular formula is C21H36P+. The summed E-state index contributed by atoms with van der Waals surface area (Å²) in [6, 6.07) is 8.98. The minimum Gasteiger partial charge on any atom is -0.0652 e. The summed E-state index contributed by atoms with van der Waals surface area (Å²) in [6.07, 6.45) is 15.0. The van der Waals surface area contributed by atoms with E-state index in [2.05, 4.69) is 63.9 Å². The third-order valence-corrected chi connectivity index (χ3v) is 8.93. The maximum atomic E-state index is 2.67. The quantitative estimate of drug-likeness (QED) is 0.373. The highest BCUT2D eigenvalue weighted by Gasteiger charge is 2.32. The van der Waals surface area contributed by atoms with E-state index < -0.39 is 7.26 Å². The maximum absolute atomic E-state index is 2.67. The Morgan fingerprint density at radius 3 is 1.64 bits per heavy atom. The summed E-state index contributed by atoms with van der Waals surface area (Å²) in [5, 5.41) is 0. The Morgan fingerprint density at radius 1 is 0.773 bits per heavy atom. The van der Waals surface area contributed by atoms with Crippen molar-refractivity contribution in [2.24, 2.45) is 0 Å². The molecule has 1 aromatic carbocycles. The van der Waals surface area contributed by atoms with Crippen LogP contribution in [0.5, 0.6) is 0 Å². The van der Waals surface area contributed by atoms with Crippen molar-refractivity contribution in [3.63, 3.8) is 0 Å². The molecule has 1 aromatic rings. The van der Waals surface area contributed by atoms with Gasteiger partial charge < -0.3 is 0 Å². The minimum absolute atomic E-state index is 0.904. The summed E-state index contributed by atoms with van der Waals surface area (Å²) in [7, 11) is -0.904. The average molecular weight is 319 g/mol. The van der Waals surface area contributed by atoms with E-state index in [1.807, 2.05) is 0 Å². The molecule has 0 aliphatic rings. The van der Waals surface area contributed by atoms with E-state index in [4.69, 9.17) is 0 Å². The lowest BCUT2D eigenvalue weighted by atomic mass is 10.2. The van der Waals surface area contributed by atoms with Crippen LogP contribution in [0.1, 0.15) is 70.4 Å². The smallest absolute Gasteiger partial charge is 0.0635 e. The lowest BCUT2D eigenvalue weighted by Gasteiger charge is -2.24. The molecule has 0 bridgehead atoms. The van der Waals surface area contributed by atoms with Gasteiger partial charge in [-0.2, -0.15) is 0 Å². The molecule has 1 heteroatoms. The van der Waals surface area contributed by atoms with Gasteiger partial charge in [-0.05, 0) is 37.8 Å². The second-order valence-corrected chi connectivity index (χ2v) is 10.8. The predicted octanol–water partition coefficient (Wildman–Crippen LogP) is 7.38. The first-order valence-corrected chi connectivity index (χ1v) is 11.7. The van der Waals surface area contributed by atoms with Crippen LogP contribution in [-0.2, 0) is 0 Å². The monoisotopic (exact) mass is 319 g/mol. The molecule has 0 radical (unpaired) electrons. The zero-order valence-electron chi connectivity index (χ0n) is 15.3. The van der Waals surface area contributed by atoms with Crippen LogP contribution in [-0.4, -0.2) is 18.5 Å². The van der Waals surface area contributed by atoms with E-state index in [0.717, 1.165) is 0 Å². The van der Waals surface area contributed by atoms with Gasteiger partial charge in [0.25, 0.3) is 0 Å². The fourth-order valence-electron chi connectivity index (χ4n) is 2.90. The van der Waals surface area contributed by atoms with Crippen molar-refractivity contribution in [3.8, 4) is 0 Å². The van der Waals surface area contributed by atoms with E-state index in [1.54, 1.807) is 0 Å². The first-order valence-electron chi connectivity index (χ1n) is 9.27. The van der Waals surface area contributed by atoms with Crippen molar-refractivity contribution in [1.82, 2.24) is 0 Å². The van der Waals surface area contributed by atoms with Crippen molar-refractivity contribution >= 4 is 13.3 Å². The van der Waals surface area contributed by atoms with Crippen LogP contribution in [0.2, 0.25) is 0 Å². The van der Waals surface area contributed by atoms with Gasteiger partial charge in [0.2, 0.25) is 0 Å². The lowest BCUT2D eigenvalue weighted by Crippen LogP contribution is -2.06. The van der Waals surface area contributed by atoms with Crippen molar-refractivity contribution in [3.05, 3.63) is 41.2 Å². The van der Waals surface area contributed by atoms with Gasteiger partial charge in [-0.25, -0.2) is 0 Å². The normalized spacial score (nSPS) is 12.2. The van der Waals surface area contributed by atoms with Gasteiger partial charge in [-0.3, -0.25) is 0 Å². The Labute approximate surface area is 139 Å². The maximum Gasteiger partial charge on any atom is 0.0635 e. The highest BCUT2D eigenvalue weighted by molar-refractivity contribution is 7.78. The number of unbranched alkanes of at least 4 members (excludes halogenated alkanes) is 3. The Morgan fingerprint density at radius 2 is 1.23 bits per heavy atom. The van der Waals surface area contributed by atoms with Gasteiger partial charge in [0.15, 0.2) is 0 Å². The molecule has 0 amide bonds. The molecule has 0 aliphatic heterocycles. The predicted molar refractivity (Wildman–Crippen MR) is 106 cm³/mol. The molecule has 0 saturated carbocycles. The molecule has 22 heavy (non-hydrogen) atoms. The fraction of sp³-hybridized carbons (Fsp3) is 0.619. The van der Waals surface area contributed by atoms with Crippen molar-refractivity contribution < 1.29 is 0 Å². The van der Waals surface area contributed by atoms with Crippen LogP contribution in [0.4, 0.5) is 0 Å². The SMILES string of the molecule is CCCC[P+](/C=C/c1ccc(C)cc1)(CCCC)CCCC. The molecule has 0 unspecified atom stereocenters. The molecule has 0 spiro atoms. The van der Waals surface area contributed by atoms with Crippen LogP contribution < -0.4 is 0 Å². The highest BCUT2D eigenvalue weighted by Crippen LogP contribution is 2.62. The molecule has 0 heterocycles. The van der Waals surface area contributed by atoms with Crippen LogP contribution in [0, 0.1) is 6.92 Å². The van der Waals surface area contributed by atoms with Crippen molar-refractivity contribution in [2.45, 2.75) is 66.2 Å². The summed E-state index contributed by atoms with van der Waals surface area (Å²) in [5.74, 6) is 2.67. The zero-order chi connectivity index (χ0) is 16.3. The molecule has 0 aliphatic carbocycles. The van der Waals surface area contributed by atoms with Crippen molar-refractivity contribution in [2.75, 3.05) is 18.5 Å². The molecule has 0 saturated heterocycles. The van der Waals surface area contributed by atoms with Crippen LogP contribution in [0.25, 0.3) is 6.08 Å². The van der Waals surface area contributed by atoms with Crippen LogP contribution in [0.15, 0.2) is 30.1 Å². The second kappa shape index (κ2) is 11.0. The van der Waals surface area contributed by atoms with E-state index in [0.29, 0.717) is 0 Å². The summed E-state index contributed by atoms with van der Waals surface area (Å²) in [5.41, 5.74) is 2.72. The van der Waals surface area contributed by atoms with Gasteiger partial charge in [0.1, 0.15) is 0 Å². The largest absolute Gasteiger partial charge is 0.0652 e.